The summed E-state index contributed by atoms with van der Waals surface area (Å²) in [6.07, 6.45) is 5.77. The average molecular weight is 247 g/mol. The quantitative estimate of drug-likeness (QED) is 0.882. The molecule has 2 N–H and O–H groups in total. The first kappa shape index (κ1) is 12.8. The van der Waals surface area contributed by atoms with Crippen LogP contribution in [0.5, 0.6) is 0 Å². The molecular weight excluding hydrogens is 229 g/mol. The van der Waals surface area contributed by atoms with Gasteiger partial charge in [0.2, 0.25) is 0 Å². The molecule has 0 atom stereocenters. The highest BCUT2D eigenvalue weighted by molar-refractivity contribution is 5.28. The van der Waals surface area contributed by atoms with Crippen molar-refractivity contribution in [3.05, 3.63) is 53.4 Å². The van der Waals surface area contributed by atoms with E-state index in [1.807, 2.05) is 6.20 Å². The lowest BCUT2D eigenvalue weighted by Crippen LogP contribution is -2.09. The van der Waals surface area contributed by atoms with Crippen LogP contribution >= 0.6 is 0 Å². The zero-order valence-corrected chi connectivity index (χ0v) is 10.6. The van der Waals surface area contributed by atoms with Gasteiger partial charge in [-0.1, -0.05) is 13.0 Å². The lowest BCUT2D eigenvalue weighted by Gasteiger charge is -2.11. The molecule has 0 unspecified atom stereocenters. The Kier molecular flexibility index (Phi) is 4.10. The fourth-order valence-electron chi connectivity index (χ4n) is 2.06. The maximum atomic E-state index is 13.1. The molecule has 2 rings (SSSR count). The monoisotopic (exact) mass is 247 g/mol. The first-order valence-corrected chi connectivity index (χ1v) is 6.22. The molecule has 0 amide bonds. The Hall–Kier alpha value is -1.68. The molecule has 0 aliphatic carbocycles. The van der Waals surface area contributed by atoms with Gasteiger partial charge >= 0.3 is 0 Å². The summed E-state index contributed by atoms with van der Waals surface area (Å²) in [5, 5.41) is 0. The van der Waals surface area contributed by atoms with Crippen LogP contribution in [0.2, 0.25) is 0 Å². The number of rotatable bonds is 5. The summed E-state index contributed by atoms with van der Waals surface area (Å²) in [5.74, 6) is 0.823. The van der Waals surface area contributed by atoms with Gasteiger partial charge in [-0.3, -0.25) is 0 Å². The van der Waals surface area contributed by atoms with Gasteiger partial charge in [-0.2, -0.15) is 0 Å². The van der Waals surface area contributed by atoms with Gasteiger partial charge in [-0.25, -0.2) is 9.37 Å². The van der Waals surface area contributed by atoms with Crippen molar-refractivity contribution in [1.29, 1.82) is 0 Å². The van der Waals surface area contributed by atoms with Crippen molar-refractivity contribution in [2.45, 2.75) is 32.9 Å². The van der Waals surface area contributed by atoms with Crippen LogP contribution in [0.15, 0.2) is 30.6 Å². The molecule has 2 aromatic rings. The minimum atomic E-state index is -0.237. The van der Waals surface area contributed by atoms with E-state index >= 15 is 0 Å². The lowest BCUT2D eigenvalue weighted by atomic mass is 10.1. The summed E-state index contributed by atoms with van der Waals surface area (Å²) in [4.78, 5) is 4.33. The molecule has 0 fully saturated rings. The molecule has 96 valence electrons. The number of imidazole rings is 1. The summed E-state index contributed by atoms with van der Waals surface area (Å²) >= 11 is 0. The van der Waals surface area contributed by atoms with Crippen LogP contribution in [0, 0.1) is 5.82 Å². The van der Waals surface area contributed by atoms with Crippen molar-refractivity contribution >= 4 is 0 Å². The lowest BCUT2D eigenvalue weighted by molar-refractivity contribution is 0.622. The van der Waals surface area contributed by atoms with Gasteiger partial charge in [0.1, 0.15) is 11.6 Å². The molecule has 1 aromatic carbocycles. The summed E-state index contributed by atoms with van der Waals surface area (Å²) in [5.41, 5.74) is 7.56. The number of hydrogen-bond acceptors (Lipinski definition) is 2. The van der Waals surface area contributed by atoms with E-state index in [4.69, 9.17) is 5.73 Å². The summed E-state index contributed by atoms with van der Waals surface area (Å²) in [6.45, 7) is 3.18. The molecule has 0 saturated heterocycles. The SMILES string of the molecule is CCCc1nccn1Cc1ccc(F)cc1CN. The van der Waals surface area contributed by atoms with E-state index in [2.05, 4.69) is 16.5 Å². The van der Waals surface area contributed by atoms with E-state index < -0.39 is 0 Å². The minimum Gasteiger partial charge on any atom is -0.331 e. The standard InChI is InChI=1S/C14H18FN3/c1-2-3-14-17-6-7-18(14)10-11-4-5-13(15)8-12(11)9-16/h4-8H,2-3,9-10,16H2,1H3. The van der Waals surface area contributed by atoms with Crippen LogP contribution in [0.4, 0.5) is 4.39 Å². The predicted molar refractivity (Wildman–Crippen MR) is 69.6 cm³/mol. The molecule has 1 aromatic heterocycles. The first-order valence-electron chi connectivity index (χ1n) is 6.22. The van der Waals surface area contributed by atoms with Crippen molar-refractivity contribution in [1.82, 2.24) is 9.55 Å². The van der Waals surface area contributed by atoms with E-state index in [1.165, 1.54) is 12.1 Å². The maximum Gasteiger partial charge on any atom is 0.123 e. The van der Waals surface area contributed by atoms with Gasteiger partial charge in [0.05, 0.1) is 0 Å². The number of aryl methyl sites for hydroxylation is 1. The van der Waals surface area contributed by atoms with E-state index in [1.54, 1.807) is 12.3 Å². The van der Waals surface area contributed by atoms with Crippen LogP contribution in [-0.4, -0.2) is 9.55 Å². The van der Waals surface area contributed by atoms with Gasteiger partial charge < -0.3 is 10.3 Å². The van der Waals surface area contributed by atoms with Crippen LogP contribution < -0.4 is 5.73 Å². The number of benzene rings is 1. The Bertz CT molecular complexity index is 520. The molecule has 0 bridgehead atoms. The maximum absolute atomic E-state index is 13.1. The van der Waals surface area contributed by atoms with E-state index in [9.17, 15) is 4.39 Å². The second kappa shape index (κ2) is 5.78. The number of hydrogen-bond donors (Lipinski definition) is 1. The molecule has 3 nitrogen and oxygen atoms in total. The summed E-state index contributed by atoms with van der Waals surface area (Å²) < 4.78 is 15.2. The second-order valence-corrected chi connectivity index (χ2v) is 4.34. The Morgan fingerprint density at radius 3 is 2.89 bits per heavy atom. The number of nitrogens with zero attached hydrogens (tertiary/aromatic N) is 2. The highest BCUT2D eigenvalue weighted by Crippen LogP contribution is 2.14. The fraction of sp³-hybridized carbons (Fsp3) is 0.357. The molecule has 0 aliphatic rings. The van der Waals surface area contributed by atoms with Crippen molar-refractivity contribution in [3.8, 4) is 0 Å². The predicted octanol–water partition coefficient (Wildman–Crippen LogP) is 2.48. The molecule has 0 aliphatic heterocycles. The third kappa shape index (κ3) is 2.76. The van der Waals surface area contributed by atoms with Crippen LogP contribution in [0.1, 0.15) is 30.3 Å². The molecule has 0 saturated carbocycles. The zero-order valence-electron chi connectivity index (χ0n) is 10.6. The van der Waals surface area contributed by atoms with Crippen LogP contribution in [0.25, 0.3) is 0 Å². The van der Waals surface area contributed by atoms with Crippen molar-refractivity contribution in [3.63, 3.8) is 0 Å². The Morgan fingerprint density at radius 1 is 1.33 bits per heavy atom. The number of aromatic nitrogens is 2. The summed E-state index contributed by atoms with van der Waals surface area (Å²) in [6, 6.07) is 4.78. The Morgan fingerprint density at radius 2 is 2.17 bits per heavy atom. The van der Waals surface area contributed by atoms with Gasteiger partial charge in [0, 0.05) is 31.9 Å². The molecular formula is C14H18FN3. The number of halogens is 1. The Labute approximate surface area is 106 Å². The minimum absolute atomic E-state index is 0.237. The molecule has 0 spiro atoms. The molecule has 1 heterocycles. The van der Waals surface area contributed by atoms with Crippen LogP contribution in [0.3, 0.4) is 0 Å². The summed E-state index contributed by atoms with van der Waals surface area (Å²) in [7, 11) is 0. The molecule has 4 heteroatoms. The first-order chi connectivity index (χ1) is 8.74. The third-order valence-electron chi connectivity index (χ3n) is 3.00. The van der Waals surface area contributed by atoms with Gasteiger partial charge in [-0.05, 0) is 29.7 Å². The normalized spacial score (nSPS) is 10.8. The van der Waals surface area contributed by atoms with Gasteiger partial charge in [-0.15, -0.1) is 0 Å². The number of nitrogens with two attached hydrogens (primary N) is 1. The fourth-order valence-corrected chi connectivity index (χ4v) is 2.06. The van der Waals surface area contributed by atoms with Crippen LogP contribution in [-0.2, 0) is 19.5 Å². The third-order valence-corrected chi connectivity index (χ3v) is 3.00. The molecule has 0 radical (unpaired) electrons. The second-order valence-electron chi connectivity index (χ2n) is 4.34. The van der Waals surface area contributed by atoms with Gasteiger partial charge in [0.15, 0.2) is 0 Å². The van der Waals surface area contributed by atoms with Crippen molar-refractivity contribution in [2.24, 2.45) is 5.73 Å². The highest BCUT2D eigenvalue weighted by atomic mass is 19.1. The largest absolute Gasteiger partial charge is 0.331 e. The van der Waals surface area contributed by atoms with E-state index in [0.717, 1.165) is 29.8 Å². The van der Waals surface area contributed by atoms with E-state index in [0.29, 0.717) is 13.1 Å². The molecule has 18 heavy (non-hydrogen) atoms. The smallest absolute Gasteiger partial charge is 0.123 e. The topological polar surface area (TPSA) is 43.8 Å². The Balaban J connectivity index is 2.25. The zero-order chi connectivity index (χ0) is 13.0. The average Bonchev–Trinajstić information content (AvgIpc) is 2.79. The highest BCUT2D eigenvalue weighted by Gasteiger charge is 2.06. The van der Waals surface area contributed by atoms with E-state index in [-0.39, 0.29) is 5.82 Å². The van der Waals surface area contributed by atoms with Gasteiger partial charge in [0.25, 0.3) is 0 Å². The van der Waals surface area contributed by atoms with Crippen molar-refractivity contribution < 1.29 is 4.39 Å². The van der Waals surface area contributed by atoms with Crippen molar-refractivity contribution in [2.75, 3.05) is 0 Å².